The standard InChI is InChI=1S/C17H19F6N5O2S/c18-15-5-14(31(19,20,21,22)23)2-1-12(15)10-30-13-8-28(9-13)17(29)27-4-3-11(7-27)16-6-24-26-25-16/h1-2,5-6,11,13H,3-4,7-10H2,(H,24,25,26)/t11-/m0/s1. The van der Waals surface area contributed by atoms with E-state index in [0.29, 0.717) is 19.2 Å². The molecule has 172 valence electrons. The molecule has 0 saturated carbocycles. The second-order valence-electron chi connectivity index (χ2n) is 7.67. The summed E-state index contributed by atoms with van der Waals surface area (Å²) in [5, 5.41) is 10.3. The van der Waals surface area contributed by atoms with Gasteiger partial charge in [-0.25, -0.2) is 9.18 Å². The molecule has 2 aliphatic rings. The number of aromatic nitrogens is 3. The summed E-state index contributed by atoms with van der Waals surface area (Å²) in [5.41, 5.74) is 0.517. The number of urea groups is 1. The Bertz CT molecular complexity index is 982. The molecule has 1 aromatic heterocycles. The van der Waals surface area contributed by atoms with Gasteiger partial charge in [0.15, 0.2) is 0 Å². The minimum Gasteiger partial charge on any atom is -0.370 e. The van der Waals surface area contributed by atoms with Crippen molar-refractivity contribution >= 4 is 16.3 Å². The van der Waals surface area contributed by atoms with Crippen LogP contribution in [-0.2, 0) is 11.3 Å². The molecule has 2 aliphatic heterocycles. The van der Waals surface area contributed by atoms with E-state index in [0.717, 1.165) is 12.1 Å². The fourth-order valence-electron chi connectivity index (χ4n) is 3.58. The second kappa shape index (κ2) is 6.76. The van der Waals surface area contributed by atoms with E-state index < -0.39 is 33.6 Å². The number of ether oxygens (including phenoxy) is 1. The van der Waals surface area contributed by atoms with Gasteiger partial charge in [0.25, 0.3) is 0 Å². The summed E-state index contributed by atoms with van der Waals surface area (Å²) >= 11 is 0. The van der Waals surface area contributed by atoms with Crippen LogP contribution >= 0.6 is 10.2 Å². The van der Waals surface area contributed by atoms with Gasteiger partial charge in [0, 0.05) is 24.6 Å². The van der Waals surface area contributed by atoms with Gasteiger partial charge in [-0.1, -0.05) is 25.5 Å². The molecule has 0 bridgehead atoms. The van der Waals surface area contributed by atoms with Crippen molar-refractivity contribution in [1.82, 2.24) is 25.2 Å². The normalized spacial score (nSPS) is 22.2. The Labute approximate surface area is 173 Å². The third kappa shape index (κ3) is 4.74. The van der Waals surface area contributed by atoms with Gasteiger partial charge in [-0.2, -0.15) is 15.4 Å². The fraction of sp³-hybridized carbons (Fsp3) is 0.471. The predicted molar refractivity (Wildman–Crippen MR) is 98.7 cm³/mol. The summed E-state index contributed by atoms with van der Waals surface area (Å²) < 4.78 is 83.0. The number of carbonyl (C=O) groups excluding carboxylic acids is 1. The van der Waals surface area contributed by atoms with Crippen molar-refractivity contribution in [3.05, 3.63) is 41.5 Å². The number of amides is 2. The van der Waals surface area contributed by atoms with Gasteiger partial charge in [-0.15, -0.1) is 0 Å². The lowest BCUT2D eigenvalue weighted by molar-refractivity contribution is -0.0494. The lowest BCUT2D eigenvalue weighted by Gasteiger charge is -2.41. The topological polar surface area (TPSA) is 74.3 Å². The first-order valence-electron chi connectivity index (χ1n) is 9.34. The average Bonchev–Trinajstić information content (AvgIpc) is 3.30. The number of carbonyl (C=O) groups is 1. The Morgan fingerprint density at radius 3 is 2.52 bits per heavy atom. The second-order valence-corrected chi connectivity index (χ2v) is 10.1. The van der Waals surface area contributed by atoms with E-state index >= 15 is 0 Å². The molecule has 3 heterocycles. The largest absolute Gasteiger partial charge is 0.370 e. The predicted octanol–water partition coefficient (Wildman–Crippen LogP) is 4.41. The lowest BCUT2D eigenvalue weighted by Crippen LogP contribution is -2.58. The zero-order valence-electron chi connectivity index (χ0n) is 16.0. The maximum atomic E-state index is 13.9. The molecule has 1 N–H and O–H groups in total. The third-order valence-electron chi connectivity index (χ3n) is 5.37. The molecule has 0 radical (unpaired) electrons. The summed E-state index contributed by atoms with van der Waals surface area (Å²) in [5.74, 6) is -1.32. The molecule has 4 rings (SSSR count). The Hall–Kier alpha value is -2.48. The van der Waals surface area contributed by atoms with Gasteiger partial charge in [0.1, 0.15) is 10.7 Å². The Morgan fingerprint density at radius 2 is 1.90 bits per heavy atom. The fourth-order valence-corrected chi connectivity index (χ4v) is 4.23. The van der Waals surface area contributed by atoms with E-state index in [-0.39, 0.29) is 42.7 Å². The van der Waals surface area contributed by atoms with Crippen LogP contribution < -0.4 is 0 Å². The number of hydrogen-bond donors (Lipinski definition) is 1. The average molecular weight is 471 g/mol. The van der Waals surface area contributed by atoms with Crippen molar-refractivity contribution in [3.63, 3.8) is 0 Å². The molecule has 1 aromatic carbocycles. The van der Waals surface area contributed by atoms with Crippen LogP contribution in [0.1, 0.15) is 23.6 Å². The van der Waals surface area contributed by atoms with Crippen molar-refractivity contribution in [2.45, 2.75) is 29.9 Å². The Balaban J connectivity index is 1.26. The number of aromatic amines is 1. The molecular formula is C17H19F6N5O2S. The Morgan fingerprint density at radius 1 is 1.16 bits per heavy atom. The van der Waals surface area contributed by atoms with E-state index in [2.05, 4.69) is 15.4 Å². The smallest absolute Gasteiger partial charge is 0.320 e. The molecule has 2 saturated heterocycles. The lowest BCUT2D eigenvalue weighted by atomic mass is 10.1. The monoisotopic (exact) mass is 471 g/mol. The van der Waals surface area contributed by atoms with E-state index in [4.69, 9.17) is 4.74 Å². The number of H-pyrrole nitrogens is 1. The van der Waals surface area contributed by atoms with Crippen LogP contribution in [0.2, 0.25) is 0 Å². The molecule has 0 aliphatic carbocycles. The summed E-state index contributed by atoms with van der Waals surface area (Å²) in [4.78, 5) is 13.5. The molecule has 14 heteroatoms. The SMILES string of the molecule is O=C(N1CC(OCc2ccc(S(F)(F)(F)(F)F)cc2F)C1)N1CC[C@H](c2cn[nH]n2)C1. The molecule has 2 aromatic rings. The van der Waals surface area contributed by atoms with Crippen LogP contribution in [0.4, 0.5) is 28.6 Å². The van der Waals surface area contributed by atoms with Gasteiger partial charge < -0.3 is 14.5 Å². The van der Waals surface area contributed by atoms with Crippen molar-refractivity contribution in [1.29, 1.82) is 0 Å². The maximum absolute atomic E-state index is 13.9. The highest BCUT2D eigenvalue weighted by atomic mass is 32.5. The molecule has 2 amide bonds. The van der Waals surface area contributed by atoms with E-state index in [1.807, 2.05) is 0 Å². The molecule has 7 nitrogen and oxygen atoms in total. The van der Waals surface area contributed by atoms with Crippen molar-refractivity contribution < 1.29 is 33.4 Å². The number of nitrogens with one attached hydrogen (secondary N) is 1. The first-order valence-corrected chi connectivity index (χ1v) is 11.3. The van der Waals surface area contributed by atoms with Gasteiger partial charge in [-0.05, 0) is 18.6 Å². The number of likely N-dealkylation sites (tertiary alicyclic amines) is 2. The first-order chi connectivity index (χ1) is 14.3. The zero-order chi connectivity index (χ0) is 22.5. The molecule has 31 heavy (non-hydrogen) atoms. The molecule has 0 spiro atoms. The molecule has 0 unspecified atom stereocenters. The van der Waals surface area contributed by atoms with Gasteiger partial charge >= 0.3 is 16.3 Å². The molecular weight excluding hydrogens is 452 g/mol. The highest BCUT2D eigenvalue weighted by molar-refractivity contribution is 8.45. The molecule has 1 atom stereocenters. The first kappa shape index (κ1) is 21.7. The summed E-state index contributed by atoms with van der Waals surface area (Å²) in [7, 11) is -9.93. The van der Waals surface area contributed by atoms with Crippen molar-refractivity contribution in [2.75, 3.05) is 26.2 Å². The van der Waals surface area contributed by atoms with Gasteiger partial charge in [0.05, 0.1) is 37.7 Å². The third-order valence-corrected chi connectivity index (χ3v) is 6.52. The number of rotatable bonds is 5. The minimum absolute atomic E-state index is 0.105. The van der Waals surface area contributed by atoms with Crippen LogP contribution in [0.3, 0.4) is 0 Å². The Kier molecular flexibility index (Phi) is 4.74. The maximum Gasteiger partial charge on any atom is 0.320 e. The van der Waals surface area contributed by atoms with Crippen LogP contribution in [0, 0.1) is 5.82 Å². The van der Waals surface area contributed by atoms with Crippen LogP contribution in [0.15, 0.2) is 29.3 Å². The van der Waals surface area contributed by atoms with E-state index in [1.165, 1.54) is 0 Å². The van der Waals surface area contributed by atoms with Gasteiger partial charge in [-0.3, -0.25) is 0 Å². The van der Waals surface area contributed by atoms with Gasteiger partial charge in [0.2, 0.25) is 0 Å². The highest BCUT2D eigenvalue weighted by Gasteiger charge is 2.65. The quantitative estimate of drug-likeness (QED) is 0.656. The van der Waals surface area contributed by atoms with Crippen LogP contribution in [-0.4, -0.2) is 63.5 Å². The van der Waals surface area contributed by atoms with E-state index in [1.54, 1.807) is 16.0 Å². The summed E-state index contributed by atoms with van der Waals surface area (Å²) in [6, 6.07) is 0.407. The zero-order valence-corrected chi connectivity index (χ0v) is 16.8. The number of nitrogens with zero attached hydrogens (tertiary/aromatic N) is 4. The highest BCUT2D eigenvalue weighted by Crippen LogP contribution is 3.02. The summed E-state index contributed by atoms with van der Waals surface area (Å²) in [6.07, 6.45) is 1.96. The molecule has 2 fully saturated rings. The summed E-state index contributed by atoms with van der Waals surface area (Å²) in [6.45, 7) is 1.18. The van der Waals surface area contributed by atoms with Crippen molar-refractivity contribution in [2.24, 2.45) is 0 Å². The van der Waals surface area contributed by atoms with Crippen molar-refractivity contribution in [3.8, 4) is 0 Å². The number of hydrogen-bond acceptors (Lipinski definition) is 4. The van der Waals surface area contributed by atoms with Crippen LogP contribution in [0.25, 0.3) is 0 Å². The number of halogens is 6. The van der Waals surface area contributed by atoms with E-state index in [9.17, 15) is 28.6 Å². The number of benzene rings is 1. The van der Waals surface area contributed by atoms with Crippen LogP contribution in [0.5, 0.6) is 0 Å². The minimum atomic E-state index is -9.93.